The van der Waals surface area contributed by atoms with Gasteiger partial charge in [-0.15, -0.1) is 0 Å². The van der Waals surface area contributed by atoms with Crippen LogP contribution in [0.1, 0.15) is 79.1 Å². The van der Waals surface area contributed by atoms with E-state index in [0.29, 0.717) is 5.92 Å². The zero-order chi connectivity index (χ0) is 19.9. The van der Waals surface area contributed by atoms with Crippen molar-refractivity contribution in [1.82, 2.24) is 0 Å². The lowest BCUT2D eigenvalue weighted by Crippen LogP contribution is -2.15. The van der Waals surface area contributed by atoms with Crippen molar-refractivity contribution in [3.63, 3.8) is 0 Å². The van der Waals surface area contributed by atoms with Gasteiger partial charge in [-0.3, -0.25) is 0 Å². The van der Waals surface area contributed by atoms with Gasteiger partial charge < -0.3 is 0 Å². The van der Waals surface area contributed by atoms with Gasteiger partial charge in [0.1, 0.15) is 0 Å². The van der Waals surface area contributed by atoms with Gasteiger partial charge in [-0.05, 0) is 101 Å². The first-order valence-electron chi connectivity index (χ1n) is 10.5. The van der Waals surface area contributed by atoms with Crippen molar-refractivity contribution >= 4 is 5.57 Å². The van der Waals surface area contributed by atoms with Crippen LogP contribution in [0, 0.1) is 19.8 Å². The molecule has 0 nitrogen and oxygen atoms in total. The number of allylic oxidation sites excluding steroid dienone is 1. The Kier molecular flexibility index (Phi) is 5.39. The first-order chi connectivity index (χ1) is 12.6. The largest absolute Gasteiger partial charge is 0.0950 e. The molecule has 3 rings (SSSR count). The van der Waals surface area contributed by atoms with E-state index in [-0.39, 0.29) is 5.41 Å². The fourth-order valence-electron chi connectivity index (χ4n) is 4.21. The molecule has 1 aliphatic rings. The van der Waals surface area contributed by atoms with Crippen molar-refractivity contribution in [2.75, 3.05) is 0 Å². The molecule has 0 spiro atoms. The normalized spacial score (nSPS) is 14.4. The zero-order valence-electron chi connectivity index (χ0n) is 18.4. The van der Waals surface area contributed by atoms with Gasteiger partial charge in [0, 0.05) is 0 Å². The van der Waals surface area contributed by atoms with Crippen LogP contribution in [-0.4, -0.2) is 0 Å². The van der Waals surface area contributed by atoms with Gasteiger partial charge >= 0.3 is 0 Å². The monoisotopic (exact) mass is 360 g/mol. The van der Waals surface area contributed by atoms with Crippen LogP contribution in [0.3, 0.4) is 0 Å². The molecule has 4 bridgehead atoms. The molecule has 0 aromatic heterocycles. The quantitative estimate of drug-likeness (QED) is 0.533. The van der Waals surface area contributed by atoms with E-state index in [1.165, 1.54) is 50.1 Å². The second-order valence-electron chi connectivity index (χ2n) is 9.77. The van der Waals surface area contributed by atoms with Crippen molar-refractivity contribution in [1.29, 1.82) is 0 Å². The Labute approximate surface area is 166 Å². The highest BCUT2D eigenvalue weighted by Crippen LogP contribution is 2.32. The molecule has 2 aromatic rings. The highest BCUT2D eigenvalue weighted by Gasteiger charge is 2.19. The van der Waals surface area contributed by atoms with E-state index in [2.05, 4.69) is 79.3 Å². The number of rotatable bonds is 2. The Morgan fingerprint density at radius 2 is 1.15 bits per heavy atom. The predicted octanol–water partition coefficient (Wildman–Crippen LogP) is 7.15. The third-order valence-corrected chi connectivity index (χ3v) is 6.51. The summed E-state index contributed by atoms with van der Waals surface area (Å²) in [5.41, 5.74) is 13.4. The van der Waals surface area contributed by atoms with Gasteiger partial charge in [0.05, 0.1) is 0 Å². The summed E-state index contributed by atoms with van der Waals surface area (Å²) in [4.78, 5) is 0. The van der Waals surface area contributed by atoms with Crippen LogP contribution in [-0.2, 0) is 31.1 Å². The molecule has 0 unspecified atom stereocenters. The van der Waals surface area contributed by atoms with E-state index < -0.39 is 0 Å². The Balaban J connectivity index is 2.08. The van der Waals surface area contributed by atoms with Crippen molar-refractivity contribution in [2.24, 2.45) is 5.92 Å². The zero-order valence-corrected chi connectivity index (χ0v) is 18.4. The van der Waals surface area contributed by atoms with Crippen molar-refractivity contribution < 1.29 is 0 Å². The molecular formula is C27H36. The minimum atomic E-state index is 0.202. The van der Waals surface area contributed by atoms with E-state index in [9.17, 15) is 0 Å². The fourth-order valence-corrected chi connectivity index (χ4v) is 4.21. The van der Waals surface area contributed by atoms with Crippen LogP contribution in [0.5, 0.6) is 0 Å². The van der Waals surface area contributed by atoms with Gasteiger partial charge in [0.25, 0.3) is 0 Å². The number of hydrogen-bond donors (Lipinski definition) is 0. The van der Waals surface area contributed by atoms with Gasteiger partial charge in [0.15, 0.2) is 0 Å². The van der Waals surface area contributed by atoms with Crippen molar-refractivity contribution in [3.8, 4) is 0 Å². The molecule has 0 amide bonds. The third kappa shape index (κ3) is 4.05. The lowest BCUT2D eigenvalue weighted by Gasteiger charge is -2.25. The molecule has 2 aromatic carbocycles. The highest BCUT2D eigenvalue weighted by molar-refractivity contribution is 5.67. The van der Waals surface area contributed by atoms with Crippen LogP contribution in [0.15, 0.2) is 30.8 Å². The molecule has 0 saturated carbocycles. The fraction of sp³-hybridized carbons (Fsp3) is 0.481. The number of fused-ring (bicyclic) bond motifs is 4. The van der Waals surface area contributed by atoms with Crippen LogP contribution in [0.4, 0.5) is 0 Å². The van der Waals surface area contributed by atoms with E-state index in [0.717, 1.165) is 25.7 Å². The van der Waals surface area contributed by atoms with Crippen LogP contribution >= 0.6 is 0 Å². The maximum Gasteiger partial charge on any atom is -0.0132 e. The molecule has 1 aliphatic carbocycles. The van der Waals surface area contributed by atoms with Crippen LogP contribution < -0.4 is 0 Å². The SMILES string of the molecule is C=C(c1cc2c(C)c(c1)CCc1cc(C(C)(C)C)cc(c1C)CC2)C(C)C. The summed E-state index contributed by atoms with van der Waals surface area (Å²) in [5, 5.41) is 0. The molecule has 0 atom stereocenters. The molecule has 144 valence electrons. The van der Waals surface area contributed by atoms with E-state index >= 15 is 0 Å². The summed E-state index contributed by atoms with van der Waals surface area (Å²) in [7, 11) is 0. The molecule has 27 heavy (non-hydrogen) atoms. The van der Waals surface area contributed by atoms with E-state index in [4.69, 9.17) is 0 Å². The standard InChI is InChI=1S/C27H36/c1-17(2)18(3)25-13-21-9-11-23-15-26(27(6,7)8)16-24(20(23)5)12-10-22(14-25)19(21)4/h13-17H,3,9-12H2,1-2,4-8H3. The molecule has 0 heterocycles. The van der Waals surface area contributed by atoms with Crippen molar-refractivity contribution in [2.45, 2.75) is 79.6 Å². The Morgan fingerprint density at radius 3 is 1.48 bits per heavy atom. The lowest BCUT2D eigenvalue weighted by molar-refractivity contribution is 0.587. The predicted molar refractivity (Wildman–Crippen MR) is 120 cm³/mol. The summed E-state index contributed by atoms with van der Waals surface area (Å²) in [5.74, 6) is 0.491. The lowest BCUT2D eigenvalue weighted by atomic mass is 9.80. The minimum absolute atomic E-state index is 0.202. The Hall–Kier alpha value is -1.82. The maximum absolute atomic E-state index is 4.37. The van der Waals surface area contributed by atoms with Crippen molar-refractivity contribution in [3.05, 3.63) is 75.4 Å². The average molecular weight is 361 g/mol. The maximum atomic E-state index is 4.37. The Morgan fingerprint density at radius 1 is 0.778 bits per heavy atom. The first kappa shape index (κ1) is 19.9. The number of aryl methyl sites for hydroxylation is 4. The summed E-state index contributed by atoms with van der Waals surface area (Å²) in [6.45, 7) is 20.5. The summed E-state index contributed by atoms with van der Waals surface area (Å²) >= 11 is 0. The second-order valence-corrected chi connectivity index (χ2v) is 9.77. The van der Waals surface area contributed by atoms with Crippen LogP contribution in [0.2, 0.25) is 0 Å². The van der Waals surface area contributed by atoms with E-state index in [1.807, 2.05) is 0 Å². The van der Waals surface area contributed by atoms with Gasteiger partial charge in [-0.1, -0.05) is 65.5 Å². The number of benzene rings is 2. The molecule has 0 N–H and O–H groups in total. The molecule has 0 fully saturated rings. The summed E-state index contributed by atoms with van der Waals surface area (Å²) in [6.07, 6.45) is 4.49. The van der Waals surface area contributed by atoms with Crippen LogP contribution in [0.25, 0.3) is 5.57 Å². The topological polar surface area (TPSA) is 0 Å². The summed E-state index contributed by atoms with van der Waals surface area (Å²) < 4.78 is 0. The van der Waals surface area contributed by atoms with Gasteiger partial charge in [-0.2, -0.15) is 0 Å². The number of hydrogen-bond acceptors (Lipinski definition) is 0. The molecule has 0 radical (unpaired) electrons. The first-order valence-corrected chi connectivity index (χ1v) is 10.5. The summed E-state index contributed by atoms with van der Waals surface area (Å²) in [6, 6.07) is 9.75. The molecule has 0 saturated heterocycles. The highest BCUT2D eigenvalue weighted by atomic mass is 14.2. The van der Waals surface area contributed by atoms with Gasteiger partial charge in [-0.25, -0.2) is 0 Å². The minimum Gasteiger partial charge on any atom is -0.0950 e. The van der Waals surface area contributed by atoms with Gasteiger partial charge in [0.2, 0.25) is 0 Å². The molecular weight excluding hydrogens is 324 g/mol. The second kappa shape index (κ2) is 7.30. The molecule has 0 heteroatoms. The third-order valence-electron chi connectivity index (χ3n) is 6.51. The average Bonchev–Trinajstić information content (AvgIpc) is 2.59. The van der Waals surface area contributed by atoms with E-state index in [1.54, 1.807) is 0 Å². The Bertz CT molecular complexity index is 821. The molecule has 0 aliphatic heterocycles. The smallest absolute Gasteiger partial charge is 0.0132 e.